The van der Waals surface area contributed by atoms with E-state index in [0.29, 0.717) is 17.4 Å². The Balaban J connectivity index is 1.44. The number of amides is 3. The van der Waals surface area contributed by atoms with Crippen molar-refractivity contribution in [2.45, 2.75) is 19.5 Å². The maximum absolute atomic E-state index is 13.0. The van der Waals surface area contributed by atoms with Crippen molar-refractivity contribution in [2.24, 2.45) is 0 Å². The predicted molar refractivity (Wildman–Crippen MR) is 126 cm³/mol. The molecule has 0 aliphatic carbocycles. The Morgan fingerprint density at radius 2 is 1.83 bits per heavy atom. The number of carbonyl (C=O) groups excluding carboxylic acids is 3. The second-order valence-electron chi connectivity index (χ2n) is 7.65. The zero-order valence-electron chi connectivity index (χ0n) is 18.4. The maximum atomic E-state index is 13.0. The highest BCUT2D eigenvalue weighted by molar-refractivity contribution is 8.18. The Kier molecular flexibility index (Phi) is 6.83. The molecule has 1 N–H and O–H groups in total. The van der Waals surface area contributed by atoms with Crippen molar-refractivity contribution >= 4 is 40.6 Å². The van der Waals surface area contributed by atoms with E-state index in [2.05, 4.69) is 5.32 Å². The van der Waals surface area contributed by atoms with Gasteiger partial charge in [0.25, 0.3) is 11.1 Å². The lowest BCUT2D eigenvalue weighted by Gasteiger charge is -2.12. The van der Waals surface area contributed by atoms with E-state index < -0.39 is 35.3 Å². The van der Waals surface area contributed by atoms with Crippen molar-refractivity contribution in [3.05, 3.63) is 82.5 Å². The number of thioether (sulfide) groups is 1. The molecule has 1 aliphatic rings. The molecule has 0 atom stereocenters. The number of anilines is 1. The minimum atomic E-state index is -4.49. The number of benzene rings is 2. The predicted octanol–water partition coefficient (Wildman–Crippen LogP) is 6.20. The highest BCUT2D eigenvalue weighted by atomic mass is 32.2. The van der Waals surface area contributed by atoms with Crippen molar-refractivity contribution in [1.82, 2.24) is 4.90 Å². The molecule has 3 amide bonds. The van der Waals surface area contributed by atoms with Gasteiger partial charge in [-0.25, -0.2) is 0 Å². The van der Waals surface area contributed by atoms with Crippen molar-refractivity contribution < 1.29 is 32.0 Å². The lowest BCUT2D eigenvalue weighted by atomic mass is 10.1. The first-order chi connectivity index (χ1) is 16.6. The van der Waals surface area contributed by atoms with Crippen LogP contribution in [0, 0.1) is 0 Å². The monoisotopic (exact) mass is 500 g/mol. The van der Waals surface area contributed by atoms with Crippen LogP contribution in [0.15, 0.2) is 70.0 Å². The van der Waals surface area contributed by atoms with Crippen molar-refractivity contribution in [3.63, 3.8) is 0 Å². The van der Waals surface area contributed by atoms with E-state index in [1.807, 2.05) is 19.1 Å². The molecular formula is C25H19F3N2O4S. The molecule has 35 heavy (non-hydrogen) atoms. The van der Waals surface area contributed by atoms with Crippen LogP contribution in [0.2, 0.25) is 0 Å². The second kappa shape index (κ2) is 9.83. The van der Waals surface area contributed by atoms with Crippen LogP contribution in [0.25, 0.3) is 17.4 Å². The fourth-order valence-corrected chi connectivity index (χ4v) is 4.19. The summed E-state index contributed by atoms with van der Waals surface area (Å²) in [7, 11) is 0. The average molecular weight is 500 g/mol. The summed E-state index contributed by atoms with van der Waals surface area (Å²) in [6.07, 6.45) is -2.31. The normalized spacial score (nSPS) is 15.2. The van der Waals surface area contributed by atoms with E-state index in [-0.39, 0.29) is 22.0 Å². The van der Waals surface area contributed by atoms with Crippen LogP contribution in [0.3, 0.4) is 0 Å². The summed E-state index contributed by atoms with van der Waals surface area (Å²) < 4.78 is 44.5. The van der Waals surface area contributed by atoms with Crippen LogP contribution in [0.4, 0.5) is 23.7 Å². The molecule has 0 unspecified atom stereocenters. The summed E-state index contributed by atoms with van der Waals surface area (Å²) in [5.74, 6) is -0.824. The van der Waals surface area contributed by atoms with Crippen LogP contribution in [0.1, 0.15) is 23.8 Å². The fourth-order valence-electron chi connectivity index (χ4n) is 3.37. The third kappa shape index (κ3) is 5.65. The van der Waals surface area contributed by atoms with Crippen LogP contribution in [-0.4, -0.2) is 28.5 Å². The minimum absolute atomic E-state index is 0.0417. The topological polar surface area (TPSA) is 79.6 Å². The van der Waals surface area contributed by atoms with Crippen LogP contribution < -0.4 is 5.32 Å². The van der Waals surface area contributed by atoms with Crippen molar-refractivity contribution in [1.29, 1.82) is 0 Å². The summed E-state index contributed by atoms with van der Waals surface area (Å²) in [6, 6.07) is 14.8. The number of imide groups is 1. The Morgan fingerprint density at radius 1 is 1.09 bits per heavy atom. The molecule has 1 aliphatic heterocycles. The molecule has 0 spiro atoms. The smallest absolute Gasteiger partial charge is 0.416 e. The van der Waals surface area contributed by atoms with Gasteiger partial charge in [-0.15, -0.1) is 0 Å². The molecule has 4 rings (SSSR count). The number of nitrogens with zero attached hydrogens (tertiary/aromatic N) is 1. The van der Waals surface area contributed by atoms with E-state index >= 15 is 0 Å². The standard InChI is InChI=1S/C25H19F3N2O4S/c1-2-15-6-8-18(9-7-15)29-22(31)14-30-23(32)21(35-24(30)33)13-19-10-11-20(34-19)16-4-3-5-17(12-16)25(26,27)28/h3-13H,2,14H2,1H3,(H,29,31)/b21-13+. The number of aryl methyl sites for hydroxylation is 1. The Labute approximate surface area is 202 Å². The summed E-state index contributed by atoms with van der Waals surface area (Å²) >= 11 is 0.651. The molecule has 10 heteroatoms. The molecule has 180 valence electrons. The number of alkyl halides is 3. The van der Waals surface area contributed by atoms with Gasteiger partial charge in [-0.2, -0.15) is 13.2 Å². The van der Waals surface area contributed by atoms with Gasteiger partial charge >= 0.3 is 6.18 Å². The first-order valence-electron chi connectivity index (χ1n) is 10.6. The van der Waals surface area contributed by atoms with Crippen LogP contribution in [0.5, 0.6) is 0 Å². The molecule has 1 aromatic heterocycles. The highest BCUT2D eigenvalue weighted by Crippen LogP contribution is 2.35. The average Bonchev–Trinajstić information content (AvgIpc) is 3.39. The lowest BCUT2D eigenvalue weighted by Crippen LogP contribution is -2.36. The molecule has 2 heterocycles. The summed E-state index contributed by atoms with van der Waals surface area (Å²) in [4.78, 5) is 38.2. The van der Waals surface area contributed by atoms with E-state index in [4.69, 9.17) is 4.42 Å². The van der Waals surface area contributed by atoms with Gasteiger partial charge in [0.05, 0.1) is 10.5 Å². The number of nitrogens with one attached hydrogen (secondary N) is 1. The van der Waals surface area contributed by atoms with E-state index in [1.54, 1.807) is 12.1 Å². The van der Waals surface area contributed by atoms with Gasteiger partial charge in [0.15, 0.2) is 0 Å². The quantitative estimate of drug-likeness (QED) is 0.408. The fraction of sp³-hybridized carbons (Fsp3) is 0.160. The molecule has 1 saturated heterocycles. The Hall–Kier alpha value is -3.79. The number of furan rings is 1. The zero-order chi connectivity index (χ0) is 25.2. The van der Waals surface area contributed by atoms with E-state index in [1.165, 1.54) is 30.3 Å². The number of hydrogen-bond acceptors (Lipinski definition) is 5. The Bertz CT molecular complexity index is 1310. The molecule has 2 aromatic carbocycles. The van der Waals surface area contributed by atoms with Crippen molar-refractivity contribution in [2.75, 3.05) is 11.9 Å². The summed E-state index contributed by atoms with van der Waals surface area (Å²) in [6.45, 7) is 1.56. The maximum Gasteiger partial charge on any atom is 0.416 e. The number of halogens is 3. The highest BCUT2D eigenvalue weighted by Gasteiger charge is 2.36. The van der Waals surface area contributed by atoms with Gasteiger partial charge < -0.3 is 9.73 Å². The molecule has 3 aromatic rings. The van der Waals surface area contributed by atoms with Crippen molar-refractivity contribution in [3.8, 4) is 11.3 Å². The van der Waals surface area contributed by atoms with Gasteiger partial charge in [0.1, 0.15) is 18.1 Å². The van der Waals surface area contributed by atoms with Gasteiger partial charge in [0.2, 0.25) is 5.91 Å². The molecule has 0 radical (unpaired) electrons. The van der Waals surface area contributed by atoms with Crippen LogP contribution >= 0.6 is 11.8 Å². The summed E-state index contributed by atoms with van der Waals surface area (Å²) in [5, 5.41) is 2.04. The zero-order valence-corrected chi connectivity index (χ0v) is 19.2. The second-order valence-corrected chi connectivity index (χ2v) is 8.64. The third-order valence-electron chi connectivity index (χ3n) is 5.20. The van der Waals surface area contributed by atoms with E-state index in [0.717, 1.165) is 29.0 Å². The number of rotatable bonds is 6. The molecule has 1 fully saturated rings. The molecule has 0 saturated carbocycles. The largest absolute Gasteiger partial charge is 0.457 e. The molecular weight excluding hydrogens is 481 g/mol. The minimum Gasteiger partial charge on any atom is -0.457 e. The SMILES string of the molecule is CCc1ccc(NC(=O)CN2C(=O)S/C(=C/c3ccc(-c4cccc(C(F)(F)F)c4)o3)C2=O)cc1. The van der Waals surface area contributed by atoms with Gasteiger partial charge in [-0.3, -0.25) is 19.3 Å². The Morgan fingerprint density at radius 3 is 2.51 bits per heavy atom. The first kappa shape index (κ1) is 24.3. The third-order valence-corrected chi connectivity index (χ3v) is 6.10. The lowest BCUT2D eigenvalue weighted by molar-refractivity contribution is -0.137. The number of hydrogen-bond donors (Lipinski definition) is 1. The van der Waals surface area contributed by atoms with Gasteiger partial charge in [-0.1, -0.05) is 31.2 Å². The number of carbonyl (C=O) groups is 3. The van der Waals surface area contributed by atoms with E-state index in [9.17, 15) is 27.6 Å². The van der Waals surface area contributed by atoms with Gasteiger partial charge in [-0.05, 0) is 60.1 Å². The van der Waals surface area contributed by atoms with Crippen LogP contribution in [-0.2, 0) is 22.2 Å². The van der Waals surface area contributed by atoms with Gasteiger partial charge in [0, 0.05) is 17.3 Å². The molecule has 6 nitrogen and oxygen atoms in total. The summed E-state index contributed by atoms with van der Waals surface area (Å²) in [5.41, 5.74) is 1.06. The first-order valence-corrected chi connectivity index (χ1v) is 11.4. The molecule has 0 bridgehead atoms.